The predicted octanol–water partition coefficient (Wildman–Crippen LogP) is 3.01. The molecule has 0 fully saturated rings. The van der Waals surface area contributed by atoms with Gasteiger partial charge in [-0.25, -0.2) is 9.98 Å². The van der Waals surface area contributed by atoms with Crippen LogP contribution in [-0.2, 0) is 6.54 Å². The minimum absolute atomic E-state index is 0. The summed E-state index contributed by atoms with van der Waals surface area (Å²) in [6.45, 7) is 6.83. The Hall–Kier alpha value is -1.20. The molecule has 0 bridgehead atoms. The highest BCUT2D eigenvalue weighted by Crippen LogP contribution is 2.11. The summed E-state index contributed by atoms with van der Waals surface area (Å²) >= 11 is 3.11. The maximum atomic E-state index is 11.8. The molecule has 2 aromatic rings. The first-order valence-electron chi connectivity index (χ1n) is 7.94. The van der Waals surface area contributed by atoms with Crippen LogP contribution in [0.3, 0.4) is 0 Å². The number of nitrogens with zero attached hydrogens (tertiary/aromatic N) is 2. The number of hydrogen-bond donors (Lipinski definition) is 3. The van der Waals surface area contributed by atoms with E-state index in [9.17, 15) is 4.79 Å². The number of thiophene rings is 1. The van der Waals surface area contributed by atoms with Crippen molar-refractivity contribution in [2.24, 2.45) is 4.99 Å². The second-order valence-corrected chi connectivity index (χ2v) is 7.34. The van der Waals surface area contributed by atoms with Crippen LogP contribution in [0.1, 0.15) is 32.9 Å². The second-order valence-electron chi connectivity index (χ2n) is 5.07. The van der Waals surface area contributed by atoms with E-state index in [0.29, 0.717) is 13.1 Å². The minimum atomic E-state index is -0.00952. The molecule has 0 aliphatic heterocycles. The van der Waals surface area contributed by atoms with E-state index in [2.05, 4.69) is 25.9 Å². The molecule has 6 nitrogen and oxygen atoms in total. The average molecular weight is 493 g/mol. The largest absolute Gasteiger partial charge is 0.357 e. The van der Waals surface area contributed by atoms with Gasteiger partial charge in [0.15, 0.2) is 5.96 Å². The van der Waals surface area contributed by atoms with Crippen molar-refractivity contribution in [2.75, 3.05) is 19.6 Å². The van der Waals surface area contributed by atoms with Crippen LogP contribution in [0, 0.1) is 6.92 Å². The van der Waals surface area contributed by atoms with Crippen LogP contribution in [0.2, 0.25) is 0 Å². The molecule has 0 spiro atoms. The molecule has 2 heterocycles. The first-order chi connectivity index (χ1) is 11.7. The third-order valence-corrected chi connectivity index (χ3v) is 4.83. The summed E-state index contributed by atoms with van der Waals surface area (Å²) < 4.78 is 0. The van der Waals surface area contributed by atoms with E-state index in [1.165, 1.54) is 16.2 Å². The lowest BCUT2D eigenvalue weighted by atomic mass is 10.4. The Kier molecular flexibility index (Phi) is 10.7. The topological polar surface area (TPSA) is 78.4 Å². The van der Waals surface area contributed by atoms with Gasteiger partial charge in [-0.2, -0.15) is 0 Å². The Morgan fingerprint density at radius 1 is 1.28 bits per heavy atom. The molecule has 0 unspecified atom stereocenters. The Morgan fingerprint density at radius 2 is 2.08 bits per heavy atom. The number of carbonyl (C=O) groups excluding carboxylic acids is 1. The SMILES string of the molecule is CCNC(=NCc1ncc(C)s1)NCCCNC(=O)c1cccs1.I. The van der Waals surface area contributed by atoms with Crippen molar-refractivity contribution in [1.29, 1.82) is 0 Å². The Balaban J connectivity index is 0.00000312. The zero-order chi connectivity index (χ0) is 17.2. The van der Waals surface area contributed by atoms with Gasteiger partial charge in [-0.1, -0.05) is 6.07 Å². The van der Waals surface area contributed by atoms with Gasteiger partial charge in [-0.15, -0.1) is 46.7 Å². The van der Waals surface area contributed by atoms with E-state index >= 15 is 0 Å². The van der Waals surface area contributed by atoms with Crippen LogP contribution in [-0.4, -0.2) is 36.5 Å². The molecule has 0 saturated carbocycles. The van der Waals surface area contributed by atoms with Gasteiger partial charge in [0.05, 0.1) is 11.4 Å². The molecule has 2 aromatic heterocycles. The zero-order valence-electron chi connectivity index (χ0n) is 14.4. The summed E-state index contributed by atoms with van der Waals surface area (Å²) in [5.74, 6) is 0.764. The molecule has 2 rings (SSSR count). The number of amides is 1. The molecular weight excluding hydrogens is 469 g/mol. The summed E-state index contributed by atoms with van der Waals surface area (Å²) in [5.41, 5.74) is 0. The smallest absolute Gasteiger partial charge is 0.261 e. The number of nitrogens with one attached hydrogen (secondary N) is 3. The molecule has 0 aromatic carbocycles. The molecule has 0 aliphatic rings. The number of carbonyl (C=O) groups is 1. The summed E-state index contributed by atoms with van der Waals surface area (Å²) in [4.78, 5) is 22.6. The molecule has 0 aliphatic carbocycles. The molecule has 25 heavy (non-hydrogen) atoms. The van der Waals surface area contributed by atoms with Gasteiger partial charge in [0.2, 0.25) is 0 Å². The van der Waals surface area contributed by atoms with Crippen LogP contribution in [0.4, 0.5) is 0 Å². The number of rotatable bonds is 8. The zero-order valence-corrected chi connectivity index (χ0v) is 18.3. The van der Waals surface area contributed by atoms with E-state index in [4.69, 9.17) is 0 Å². The Morgan fingerprint density at radius 3 is 2.72 bits per heavy atom. The van der Waals surface area contributed by atoms with Crippen molar-refractivity contribution in [2.45, 2.75) is 26.8 Å². The molecule has 0 saturated heterocycles. The van der Waals surface area contributed by atoms with Gasteiger partial charge in [0.1, 0.15) is 5.01 Å². The lowest BCUT2D eigenvalue weighted by Crippen LogP contribution is -2.38. The number of halogens is 1. The van der Waals surface area contributed by atoms with Gasteiger partial charge < -0.3 is 16.0 Å². The Bertz CT molecular complexity index is 657. The highest BCUT2D eigenvalue weighted by Gasteiger charge is 2.05. The van der Waals surface area contributed by atoms with E-state index in [1.54, 1.807) is 11.3 Å². The molecule has 1 amide bonds. The standard InChI is InChI=1S/C16H23N5OS2.HI/c1-3-17-16(21-11-14-20-10-12(2)24-14)19-8-5-7-18-15(22)13-6-4-9-23-13;/h4,6,9-10H,3,5,7-8,11H2,1-2H3,(H,18,22)(H2,17,19,21);1H. The second kappa shape index (κ2) is 12.2. The highest BCUT2D eigenvalue weighted by atomic mass is 127. The summed E-state index contributed by atoms with van der Waals surface area (Å²) in [5, 5.41) is 12.3. The predicted molar refractivity (Wildman–Crippen MR) is 116 cm³/mol. The molecular formula is C16H24IN5OS2. The van der Waals surface area contributed by atoms with Crippen molar-refractivity contribution in [3.63, 3.8) is 0 Å². The molecule has 9 heteroatoms. The molecule has 0 radical (unpaired) electrons. The van der Waals surface area contributed by atoms with Gasteiger partial charge in [-0.3, -0.25) is 4.79 Å². The fourth-order valence-electron chi connectivity index (χ4n) is 1.95. The van der Waals surface area contributed by atoms with Crippen molar-refractivity contribution < 1.29 is 4.79 Å². The molecule has 138 valence electrons. The number of guanidine groups is 1. The van der Waals surface area contributed by atoms with Crippen molar-refractivity contribution in [3.05, 3.63) is 38.5 Å². The quantitative estimate of drug-likeness (QED) is 0.229. The van der Waals surface area contributed by atoms with E-state index in [-0.39, 0.29) is 29.9 Å². The number of aromatic nitrogens is 1. The van der Waals surface area contributed by atoms with Crippen LogP contribution in [0.5, 0.6) is 0 Å². The summed E-state index contributed by atoms with van der Waals surface area (Å²) in [6.07, 6.45) is 2.70. The van der Waals surface area contributed by atoms with Gasteiger partial charge in [-0.05, 0) is 31.7 Å². The van der Waals surface area contributed by atoms with Crippen molar-refractivity contribution >= 4 is 58.5 Å². The fourth-order valence-corrected chi connectivity index (χ4v) is 3.31. The van der Waals surface area contributed by atoms with E-state index in [1.807, 2.05) is 37.6 Å². The van der Waals surface area contributed by atoms with E-state index in [0.717, 1.165) is 35.4 Å². The number of thiazole rings is 1. The summed E-state index contributed by atoms with van der Waals surface area (Å²) in [6, 6.07) is 3.71. The van der Waals surface area contributed by atoms with Crippen molar-refractivity contribution in [1.82, 2.24) is 20.9 Å². The van der Waals surface area contributed by atoms with Crippen LogP contribution in [0.15, 0.2) is 28.7 Å². The molecule has 3 N–H and O–H groups in total. The maximum absolute atomic E-state index is 11.8. The van der Waals surface area contributed by atoms with Crippen LogP contribution < -0.4 is 16.0 Å². The lowest BCUT2D eigenvalue weighted by molar-refractivity contribution is 0.0957. The maximum Gasteiger partial charge on any atom is 0.261 e. The number of aliphatic imine (C=N–C) groups is 1. The van der Waals surface area contributed by atoms with Crippen molar-refractivity contribution in [3.8, 4) is 0 Å². The first kappa shape index (κ1) is 21.8. The van der Waals surface area contributed by atoms with Crippen LogP contribution >= 0.6 is 46.7 Å². The summed E-state index contributed by atoms with van der Waals surface area (Å²) in [7, 11) is 0. The molecule has 0 atom stereocenters. The number of hydrogen-bond acceptors (Lipinski definition) is 5. The van der Waals surface area contributed by atoms with Gasteiger partial charge in [0.25, 0.3) is 5.91 Å². The average Bonchev–Trinajstić information content (AvgIpc) is 3.23. The fraction of sp³-hybridized carbons (Fsp3) is 0.438. The van der Waals surface area contributed by atoms with Gasteiger partial charge >= 0.3 is 0 Å². The normalized spacial score (nSPS) is 10.9. The third kappa shape index (κ3) is 8.15. The number of aryl methyl sites for hydroxylation is 1. The highest BCUT2D eigenvalue weighted by molar-refractivity contribution is 14.0. The Labute approximate surface area is 173 Å². The van der Waals surface area contributed by atoms with Crippen LogP contribution in [0.25, 0.3) is 0 Å². The van der Waals surface area contributed by atoms with Gasteiger partial charge in [0, 0.05) is 30.7 Å². The monoisotopic (exact) mass is 493 g/mol. The van der Waals surface area contributed by atoms with E-state index < -0.39 is 0 Å². The third-order valence-electron chi connectivity index (χ3n) is 3.06. The minimum Gasteiger partial charge on any atom is -0.357 e. The lowest BCUT2D eigenvalue weighted by Gasteiger charge is -2.11. The first-order valence-corrected chi connectivity index (χ1v) is 9.64.